The Kier molecular flexibility index (Phi) is 4.84. The van der Waals surface area contributed by atoms with Crippen LogP contribution in [0.5, 0.6) is 0 Å². The smallest absolute Gasteiger partial charge is 0.223 e. The van der Waals surface area contributed by atoms with Crippen LogP contribution < -0.4 is 4.90 Å². The predicted octanol–water partition coefficient (Wildman–Crippen LogP) is 4.06. The van der Waals surface area contributed by atoms with E-state index in [0.717, 1.165) is 42.8 Å². The SMILES string of the molecule is CN1CCN(c2cccc3[nH]c(S(=O)(=O)c4cccc(Cl)c4Cl)cc23)CC1. The van der Waals surface area contributed by atoms with Gasteiger partial charge in [0.05, 0.1) is 14.9 Å². The fraction of sp³-hybridized carbons (Fsp3) is 0.263. The van der Waals surface area contributed by atoms with E-state index in [2.05, 4.69) is 21.8 Å². The molecule has 2 heterocycles. The summed E-state index contributed by atoms with van der Waals surface area (Å²) in [7, 11) is -1.70. The number of piperazine rings is 1. The minimum atomic E-state index is -3.81. The molecular formula is C19H19Cl2N3O2S. The van der Waals surface area contributed by atoms with Crippen LogP contribution in [0.3, 0.4) is 0 Å². The van der Waals surface area contributed by atoms with Crippen molar-refractivity contribution in [3.05, 3.63) is 52.5 Å². The van der Waals surface area contributed by atoms with Gasteiger partial charge in [-0.25, -0.2) is 8.42 Å². The first-order valence-electron chi connectivity index (χ1n) is 8.62. The molecule has 1 saturated heterocycles. The molecule has 2 aromatic carbocycles. The number of benzene rings is 2. The van der Waals surface area contributed by atoms with Crippen LogP contribution in [0, 0.1) is 0 Å². The number of nitrogens with one attached hydrogen (secondary N) is 1. The number of anilines is 1. The van der Waals surface area contributed by atoms with E-state index in [-0.39, 0.29) is 20.0 Å². The van der Waals surface area contributed by atoms with Crippen LogP contribution in [-0.2, 0) is 9.84 Å². The summed E-state index contributed by atoms with van der Waals surface area (Å²) in [4.78, 5) is 7.62. The highest BCUT2D eigenvalue weighted by atomic mass is 35.5. The zero-order valence-corrected chi connectivity index (χ0v) is 17.1. The number of fused-ring (bicyclic) bond motifs is 1. The zero-order chi connectivity index (χ0) is 19.2. The Morgan fingerprint density at radius 2 is 1.70 bits per heavy atom. The van der Waals surface area contributed by atoms with E-state index in [1.165, 1.54) is 6.07 Å². The van der Waals surface area contributed by atoms with Gasteiger partial charge in [0.25, 0.3) is 0 Å². The topological polar surface area (TPSA) is 56.4 Å². The molecule has 1 aliphatic heterocycles. The summed E-state index contributed by atoms with van der Waals surface area (Å²) in [6.07, 6.45) is 0. The quantitative estimate of drug-likeness (QED) is 0.689. The molecule has 1 N–H and O–H groups in total. The molecule has 0 saturated carbocycles. The molecule has 0 unspecified atom stereocenters. The first-order chi connectivity index (χ1) is 12.9. The summed E-state index contributed by atoms with van der Waals surface area (Å²) in [6.45, 7) is 3.76. The molecule has 0 bridgehead atoms. The maximum Gasteiger partial charge on any atom is 0.223 e. The van der Waals surface area contributed by atoms with E-state index in [4.69, 9.17) is 23.2 Å². The van der Waals surface area contributed by atoms with Crippen molar-refractivity contribution in [3.8, 4) is 0 Å². The Morgan fingerprint density at radius 1 is 1.00 bits per heavy atom. The molecule has 1 aliphatic rings. The normalized spacial score (nSPS) is 16.2. The lowest BCUT2D eigenvalue weighted by atomic mass is 10.2. The summed E-state index contributed by atoms with van der Waals surface area (Å²) in [6, 6.07) is 12.2. The first-order valence-corrected chi connectivity index (χ1v) is 10.9. The van der Waals surface area contributed by atoms with Crippen LogP contribution in [0.15, 0.2) is 52.4 Å². The van der Waals surface area contributed by atoms with E-state index < -0.39 is 9.84 Å². The summed E-state index contributed by atoms with van der Waals surface area (Å²) in [5, 5.41) is 1.26. The van der Waals surface area contributed by atoms with Crippen molar-refractivity contribution in [1.82, 2.24) is 9.88 Å². The van der Waals surface area contributed by atoms with Crippen molar-refractivity contribution in [2.24, 2.45) is 0 Å². The second-order valence-corrected chi connectivity index (χ2v) is 9.39. The average Bonchev–Trinajstić information content (AvgIpc) is 3.10. The second kappa shape index (κ2) is 7.02. The number of nitrogens with zero attached hydrogens (tertiary/aromatic N) is 2. The van der Waals surface area contributed by atoms with Gasteiger partial charge in [-0.05, 0) is 37.4 Å². The van der Waals surface area contributed by atoms with Crippen LogP contribution in [-0.4, -0.2) is 51.5 Å². The monoisotopic (exact) mass is 423 g/mol. The van der Waals surface area contributed by atoms with Crippen LogP contribution in [0.4, 0.5) is 5.69 Å². The number of likely N-dealkylation sites (N-methyl/N-ethyl adjacent to an activating group) is 1. The molecule has 3 aromatic rings. The van der Waals surface area contributed by atoms with E-state index >= 15 is 0 Å². The van der Waals surface area contributed by atoms with Gasteiger partial charge in [0, 0.05) is 42.8 Å². The minimum absolute atomic E-state index is 0.00405. The minimum Gasteiger partial charge on any atom is -0.368 e. The molecule has 27 heavy (non-hydrogen) atoms. The number of sulfone groups is 1. The number of hydrogen-bond acceptors (Lipinski definition) is 4. The van der Waals surface area contributed by atoms with Gasteiger partial charge < -0.3 is 14.8 Å². The Balaban J connectivity index is 1.80. The average molecular weight is 424 g/mol. The molecule has 1 fully saturated rings. The van der Waals surface area contributed by atoms with Gasteiger partial charge in [-0.2, -0.15) is 0 Å². The fourth-order valence-electron chi connectivity index (χ4n) is 3.39. The van der Waals surface area contributed by atoms with E-state index in [1.54, 1.807) is 18.2 Å². The van der Waals surface area contributed by atoms with Crippen molar-refractivity contribution in [2.45, 2.75) is 9.92 Å². The van der Waals surface area contributed by atoms with E-state index in [1.807, 2.05) is 18.2 Å². The number of hydrogen-bond donors (Lipinski definition) is 1. The molecule has 4 rings (SSSR count). The Morgan fingerprint density at radius 3 is 2.44 bits per heavy atom. The molecule has 8 heteroatoms. The summed E-state index contributed by atoms with van der Waals surface area (Å²) in [5.41, 5.74) is 1.82. The third kappa shape index (κ3) is 3.31. The highest BCUT2D eigenvalue weighted by molar-refractivity contribution is 7.91. The van der Waals surface area contributed by atoms with Crippen molar-refractivity contribution >= 4 is 49.6 Å². The summed E-state index contributed by atoms with van der Waals surface area (Å²) >= 11 is 12.2. The van der Waals surface area contributed by atoms with Gasteiger partial charge in [-0.1, -0.05) is 35.3 Å². The second-order valence-electron chi connectivity index (χ2n) is 6.72. The molecule has 5 nitrogen and oxygen atoms in total. The number of H-pyrrole nitrogens is 1. The zero-order valence-electron chi connectivity index (χ0n) is 14.7. The third-order valence-electron chi connectivity index (χ3n) is 4.96. The maximum absolute atomic E-state index is 13.1. The Hall–Kier alpha value is -1.73. The fourth-order valence-corrected chi connectivity index (χ4v) is 5.41. The third-order valence-corrected chi connectivity index (χ3v) is 7.60. The molecule has 0 atom stereocenters. The highest BCUT2D eigenvalue weighted by Crippen LogP contribution is 2.35. The molecule has 1 aromatic heterocycles. The van der Waals surface area contributed by atoms with Gasteiger partial charge in [0.15, 0.2) is 0 Å². The van der Waals surface area contributed by atoms with E-state index in [0.29, 0.717) is 0 Å². The largest absolute Gasteiger partial charge is 0.368 e. The lowest BCUT2D eigenvalue weighted by molar-refractivity contribution is 0.313. The molecular weight excluding hydrogens is 405 g/mol. The van der Waals surface area contributed by atoms with Crippen LogP contribution >= 0.6 is 23.2 Å². The maximum atomic E-state index is 13.1. The number of rotatable bonds is 3. The first kappa shape index (κ1) is 18.6. The molecule has 0 radical (unpaired) electrons. The van der Waals surface area contributed by atoms with Gasteiger partial charge in [-0.3, -0.25) is 0 Å². The van der Waals surface area contributed by atoms with E-state index in [9.17, 15) is 8.42 Å². The van der Waals surface area contributed by atoms with Crippen molar-refractivity contribution in [1.29, 1.82) is 0 Å². The number of aromatic nitrogens is 1. The van der Waals surface area contributed by atoms with Gasteiger partial charge in [0.2, 0.25) is 9.84 Å². The molecule has 0 amide bonds. The Labute approximate surface area is 168 Å². The highest BCUT2D eigenvalue weighted by Gasteiger charge is 2.25. The van der Waals surface area contributed by atoms with Crippen LogP contribution in [0.2, 0.25) is 10.0 Å². The number of aromatic amines is 1. The van der Waals surface area contributed by atoms with Crippen molar-refractivity contribution in [3.63, 3.8) is 0 Å². The van der Waals surface area contributed by atoms with Gasteiger partial charge >= 0.3 is 0 Å². The molecule has 142 valence electrons. The molecule has 0 aliphatic carbocycles. The summed E-state index contributed by atoms with van der Waals surface area (Å²) < 4.78 is 26.2. The Bertz CT molecular complexity index is 1100. The van der Waals surface area contributed by atoms with Crippen molar-refractivity contribution in [2.75, 3.05) is 38.1 Å². The van der Waals surface area contributed by atoms with Crippen LogP contribution in [0.25, 0.3) is 10.9 Å². The summed E-state index contributed by atoms with van der Waals surface area (Å²) in [5.74, 6) is 0. The molecule has 0 spiro atoms. The lowest BCUT2D eigenvalue weighted by Crippen LogP contribution is -2.44. The van der Waals surface area contributed by atoms with Gasteiger partial charge in [0.1, 0.15) is 5.03 Å². The van der Waals surface area contributed by atoms with Gasteiger partial charge in [-0.15, -0.1) is 0 Å². The lowest BCUT2D eigenvalue weighted by Gasteiger charge is -2.34. The number of halogens is 2. The predicted molar refractivity (Wildman–Crippen MR) is 110 cm³/mol. The standard InChI is InChI=1S/C19H19Cl2N3O2S/c1-23-8-10-24(11-9-23)16-6-3-5-15-13(16)12-18(22-15)27(25,26)17-7-2-4-14(20)19(17)21/h2-7,12,22H,8-11H2,1H3. The van der Waals surface area contributed by atoms with Crippen molar-refractivity contribution < 1.29 is 8.42 Å². The van der Waals surface area contributed by atoms with Crippen LogP contribution in [0.1, 0.15) is 0 Å².